The van der Waals surface area contributed by atoms with Crippen molar-refractivity contribution in [2.24, 2.45) is 51.1 Å². The van der Waals surface area contributed by atoms with Gasteiger partial charge >= 0.3 is 0 Å². The Hall–Kier alpha value is -1.68. The lowest BCUT2D eigenvalue weighted by molar-refractivity contribution is -0.154. The summed E-state index contributed by atoms with van der Waals surface area (Å²) in [5.41, 5.74) is 6.85. The largest absolute Gasteiger partial charge is 0.393 e. The number of hydrogen-bond donors (Lipinski definition) is 3. The summed E-state index contributed by atoms with van der Waals surface area (Å²) in [4.78, 5) is 14.1. The topological polar surface area (TPSA) is 96.0 Å². The molecule has 6 nitrogen and oxygen atoms in total. The fraction of sp³-hybridized carbons (Fsp3) is 0.800. The highest BCUT2D eigenvalue weighted by molar-refractivity contribution is 5.73. The lowest BCUT2D eigenvalue weighted by atomic mass is 9.43. The first-order valence-electron chi connectivity index (χ1n) is 16.7. The van der Waals surface area contributed by atoms with Crippen LogP contribution in [0.3, 0.4) is 0 Å². The van der Waals surface area contributed by atoms with E-state index in [0.29, 0.717) is 12.3 Å². The van der Waals surface area contributed by atoms with Gasteiger partial charge in [-0.25, -0.2) is 13.2 Å². The van der Waals surface area contributed by atoms with Crippen molar-refractivity contribution in [3.05, 3.63) is 35.1 Å². The number of aliphatic hydroxyl groups excluding tert-OH is 2. The van der Waals surface area contributed by atoms with E-state index in [1.165, 1.54) is 11.8 Å². The zero-order valence-corrected chi connectivity index (χ0v) is 26.7. The molecule has 1 saturated heterocycles. The van der Waals surface area contributed by atoms with Crippen LogP contribution in [0, 0.1) is 62.8 Å². The average molecular weight is 619 g/mol. The second kappa shape index (κ2) is 9.68. The van der Waals surface area contributed by atoms with Gasteiger partial charge in [-0.3, -0.25) is 4.79 Å². The molecule has 6 fully saturated rings. The van der Waals surface area contributed by atoms with Gasteiger partial charge in [-0.1, -0.05) is 27.7 Å². The minimum atomic E-state index is -1.53. The van der Waals surface area contributed by atoms with Crippen LogP contribution in [0.15, 0.2) is 12.1 Å². The molecule has 12 atom stereocenters. The Morgan fingerprint density at radius 3 is 2.32 bits per heavy atom. The summed E-state index contributed by atoms with van der Waals surface area (Å²) in [6, 6.07) is 1.84. The molecule has 44 heavy (non-hydrogen) atoms. The zero-order chi connectivity index (χ0) is 31.8. The van der Waals surface area contributed by atoms with Crippen LogP contribution in [-0.2, 0) is 16.1 Å². The molecule has 1 aromatic carbocycles. The lowest BCUT2D eigenvalue weighted by Gasteiger charge is -2.63. The molecule has 0 bridgehead atoms. The highest BCUT2D eigenvalue weighted by Crippen LogP contribution is 2.87. The number of carbonyl (C=O) groups excluding carboxylic acids is 1. The van der Waals surface area contributed by atoms with Gasteiger partial charge in [0, 0.05) is 20.0 Å². The number of benzene rings is 1. The number of nitrogens with zero attached hydrogens (tertiary/aromatic N) is 1. The Bertz CT molecular complexity index is 1350. The van der Waals surface area contributed by atoms with E-state index in [1.807, 2.05) is 0 Å². The van der Waals surface area contributed by atoms with Gasteiger partial charge in [0.2, 0.25) is 5.91 Å². The second-order valence-corrected chi connectivity index (χ2v) is 16.6. The molecule has 9 heteroatoms. The van der Waals surface area contributed by atoms with Crippen LogP contribution in [0.4, 0.5) is 13.2 Å². The third kappa shape index (κ3) is 3.79. The second-order valence-electron chi connectivity index (χ2n) is 16.6. The van der Waals surface area contributed by atoms with Gasteiger partial charge in [0.25, 0.3) is 0 Å². The van der Waals surface area contributed by atoms with Crippen molar-refractivity contribution in [2.75, 3.05) is 6.54 Å². The van der Waals surface area contributed by atoms with E-state index in [1.54, 1.807) is 0 Å². The molecule has 5 saturated carbocycles. The predicted molar refractivity (Wildman–Crippen MR) is 158 cm³/mol. The van der Waals surface area contributed by atoms with E-state index in [4.69, 9.17) is 10.5 Å². The van der Waals surface area contributed by atoms with Gasteiger partial charge in [0.1, 0.15) is 0 Å². The first-order chi connectivity index (χ1) is 20.5. The third-order valence-electron chi connectivity index (χ3n) is 14.6. The molecule has 2 spiro atoms. The molecule has 7 rings (SSSR count). The van der Waals surface area contributed by atoms with Crippen molar-refractivity contribution in [3.63, 3.8) is 0 Å². The van der Waals surface area contributed by atoms with E-state index >= 15 is 0 Å². The Labute approximate surface area is 258 Å². The van der Waals surface area contributed by atoms with Crippen molar-refractivity contribution in [3.8, 4) is 0 Å². The van der Waals surface area contributed by atoms with Crippen LogP contribution >= 0.6 is 0 Å². The maximum absolute atomic E-state index is 13.9. The molecule has 1 heterocycles. The summed E-state index contributed by atoms with van der Waals surface area (Å²) in [5, 5.41) is 23.2. The van der Waals surface area contributed by atoms with Gasteiger partial charge in [-0.05, 0) is 114 Å². The number of fused-ring (bicyclic) bond motifs is 4. The minimum absolute atomic E-state index is 0.0687. The molecular formula is C35H49F3N2O4. The fourth-order valence-electron chi connectivity index (χ4n) is 12.6. The first kappa shape index (κ1) is 30.9. The summed E-state index contributed by atoms with van der Waals surface area (Å²) in [7, 11) is 0. The summed E-state index contributed by atoms with van der Waals surface area (Å²) in [6.45, 7) is 10.5. The summed E-state index contributed by atoms with van der Waals surface area (Å²) < 4.78 is 48.1. The van der Waals surface area contributed by atoms with Crippen LogP contribution < -0.4 is 5.73 Å². The van der Waals surface area contributed by atoms with Crippen LogP contribution in [0.5, 0.6) is 0 Å². The number of amides is 1. The SMILES string of the molecule is CC(=O)N(Cc1cc(F)c(F)c(F)c1)CC1C[C@@H](C)[C@H]2C(O1)[C@H](O)[C@@]1(N)C3CC[C@H]4C(C)(C)[C@@H](O)CCC45C[C@@]35CC[C@]21C. The first-order valence-corrected chi connectivity index (χ1v) is 16.7. The van der Waals surface area contributed by atoms with Gasteiger partial charge < -0.3 is 25.6 Å². The number of hydrogen-bond acceptors (Lipinski definition) is 5. The predicted octanol–water partition coefficient (Wildman–Crippen LogP) is 5.32. The minimum Gasteiger partial charge on any atom is -0.393 e. The maximum atomic E-state index is 13.9. The number of ether oxygens (including phenoxy) is 1. The monoisotopic (exact) mass is 618 g/mol. The van der Waals surface area contributed by atoms with E-state index in [-0.39, 0.29) is 76.2 Å². The maximum Gasteiger partial charge on any atom is 0.219 e. The van der Waals surface area contributed by atoms with Gasteiger partial charge in [0.05, 0.1) is 30.0 Å². The molecular weight excluding hydrogens is 569 g/mol. The molecule has 1 amide bonds. The Kier molecular flexibility index (Phi) is 6.81. The quantitative estimate of drug-likeness (QED) is 0.397. The molecule has 5 aliphatic carbocycles. The average Bonchev–Trinajstić information content (AvgIpc) is 3.58. The Morgan fingerprint density at radius 2 is 1.66 bits per heavy atom. The van der Waals surface area contributed by atoms with Crippen molar-refractivity contribution in [1.29, 1.82) is 0 Å². The van der Waals surface area contributed by atoms with E-state index in [9.17, 15) is 28.2 Å². The number of aliphatic hydroxyl groups is 2. The highest BCUT2D eigenvalue weighted by Gasteiger charge is 2.85. The van der Waals surface area contributed by atoms with Crippen LogP contribution in [-0.4, -0.2) is 57.5 Å². The Balaban J connectivity index is 1.14. The summed E-state index contributed by atoms with van der Waals surface area (Å²) in [5.74, 6) is -3.49. The molecule has 4 unspecified atom stereocenters. The van der Waals surface area contributed by atoms with Gasteiger partial charge in [-0.2, -0.15) is 0 Å². The zero-order valence-electron chi connectivity index (χ0n) is 26.7. The number of carbonyl (C=O) groups is 1. The molecule has 4 N–H and O–H groups in total. The molecule has 6 aliphatic rings. The summed E-state index contributed by atoms with van der Waals surface area (Å²) in [6.07, 6.45) is 5.69. The summed E-state index contributed by atoms with van der Waals surface area (Å²) >= 11 is 0. The Morgan fingerprint density at radius 1 is 1.02 bits per heavy atom. The normalized spacial score (nSPS) is 48.3. The highest BCUT2D eigenvalue weighted by atomic mass is 19.2. The lowest BCUT2D eigenvalue weighted by Crippen LogP contribution is -2.70. The van der Waals surface area contributed by atoms with E-state index < -0.39 is 35.2 Å². The van der Waals surface area contributed by atoms with Gasteiger partial charge in [-0.15, -0.1) is 0 Å². The van der Waals surface area contributed by atoms with E-state index in [2.05, 4.69) is 27.7 Å². The van der Waals surface area contributed by atoms with Gasteiger partial charge in [0.15, 0.2) is 17.5 Å². The number of rotatable bonds is 4. The van der Waals surface area contributed by atoms with Crippen LogP contribution in [0.2, 0.25) is 0 Å². The van der Waals surface area contributed by atoms with Crippen molar-refractivity contribution in [1.82, 2.24) is 4.90 Å². The molecule has 0 radical (unpaired) electrons. The number of halogens is 3. The van der Waals surface area contributed by atoms with Crippen LogP contribution in [0.25, 0.3) is 0 Å². The van der Waals surface area contributed by atoms with Crippen LogP contribution in [0.1, 0.15) is 91.5 Å². The number of nitrogens with two attached hydrogens (primary N) is 1. The van der Waals surface area contributed by atoms with E-state index in [0.717, 1.165) is 57.1 Å². The van der Waals surface area contributed by atoms with Crippen molar-refractivity contribution >= 4 is 5.91 Å². The van der Waals surface area contributed by atoms with Crippen molar-refractivity contribution in [2.45, 2.75) is 122 Å². The molecule has 1 aromatic rings. The molecule has 244 valence electrons. The standard InChI is InChI=1S/C35H49F3N2O4/c1-18-12-21(16-40(19(2)41)15-20-13-22(36)28(38)23(37)14-20)44-29-27(18)32(5)10-11-34-17-33(34)9-8-26(42)31(3,4)24(33)6-7-25(34)35(32,39)30(29)43/h13-14,18,21,24-27,29-30,42-43H,6-12,15-17,39H2,1-5H3/t18-,21?,24+,25?,26+,27+,29?,30+,32-,33?,34+,35+/m1/s1. The molecule has 0 aromatic heterocycles. The fourth-order valence-corrected chi connectivity index (χ4v) is 12.6. The molecule has 1 aliphatic heterocycles. The third-order valence-corrected chi connectivity index (χ3v) is 14.6. The van der Waals surface area contributed by atoms with Crippen molar-refractivity contribution < 1.29 is 32.9 Å². The smallest absolute Gasteiger partial charge is 0.219 e.